The van der Waals surface area contributed by atoms with Crippen LogP contribution in [-0.4, -0.2) is 35.5 Å². The van der Waals surface area contributed by atoms with E-state index in [1.807, 2.05) is 12.1 Å². The molecule has 1 fully saturated rings. The highest BCUT2D eigenvalue weighted by Gasteiger charge is 2.26. The average molecular weight is 329 g/mol. The van der Waals surface area contributed by atoms with Gasteiger partial charge in [0.1, 0.15) is 17.7 Å². The number of rotatable bonds is 4. The third-order valence-electron chi connectivity index (χ3n) is 4.08. The highest BCUT2D eigenvalue weighted by atomic mass is 19.1. The minimum absolute atomic E-state index is 0.0662. The Kier molecular flexibility index (Phi) is 5.05. The number of carbonyl (C=O) groups excluding carboxylic acids is 1. The first-order valence-electron chi connectivity index (χ1n) is 7.98. The van der Waals surface area contributed by atoms with E-state index in [-0.39, 0.29) is 17.8 Å². The lowest BCUT2D eigenvalue weighted by Gasteiger charge is -2.32. The molecular weight excluding hydrogens is 309 g/mol. The zero-order valence-corrected chi connectivity index (χ0v) is 13.3. The van der Waals surface area contributed by atoms with Crippen LogP contribution in [0.15, 0.2) is 42.5 Å². The molecule has 24 heavy (non-hydrogen) atoms. The largest absolute Gasteiger partial charge is 0.384 e. The molecular formula is C18H20FN3O2. The molecule has 1 atom stereocenters. The summed E-state index contributed by atoms with van der Waals surface area (Å²) in [6.07, 6.45) is 0.734. The Bertz CT molecular complexity index is 706. The van der Waals surface area contributed by atoms with E-state index in [9.17, 15) is 9.18 Å². The highest BCUT2D eigenvalue weighted by Crippen LogP contribution is 2.22. The topological polar surface area (TPSA) is 68.5 Å². The SMILES string of the molecule is Nc1cccc([C@@H]2CN(C(=O)CCc3ccc(F)cc3)CCO2)n1. The van der Waals surface area contributed by atoms with Crippen molar-refractivity contribution in [2.75, 3.05) is 25.4 Å². The predicted octanol–water partition coefficient (Wildman–Crippen LogP) is 2.34. The molecule has 6 heteroatoms. The summed E-state index contributed by atoms with van der Waals surface area (Å²) in [5.41, 5.74) is 7.40. The molecule has 1 aromatic carbocycles. The number of hydrogen-bond acceptors (Lipinski definition) is 4. The van der Waals surface area contributed by atoms with E-state index in [0.717, 1.165) is 11.3 Å². The van der Waals surface area contributed by atoms with Crippen LogP contribution in [0.2, 0.25) is 0 Å². The monoisotopic (exact) mass is 329 g/mol. The van der Waals surface area contributed by atoms with Gasteiger partial charge < -0.3 is 15.4 Å². The van der Waals surface area contributed by atoms with Crippen LogP contribution in [0.5, 0.6) is 0 Å². The molecule has 0 bridgehead atoms. The number of pyridine rings is 1. The van der Waals surface area contributed by atoms with Gasteiger partial charge in [0.15, 0.2) is 0 Å². The average Bonchev–Trinajstić information content (AvgIpc) is 2.61. The molecule has 2 heterocycles. The summed E-state index contributed by atoms with van der Waals surface area (Å²) in [6, 6.07) is 11.6. The normalized spacial score (nSPS) is 17.7. The molecule has 1 amide bonds. The number of nitrogen functional groups attached to an aromatic ring is 1. The predicted molar refractivity (Wildman–Crippen MR) is 88.6 cm³/mol. The molecule has 0 aliphatic carbocycles. The van der Waals surface area contributed by atoms with Crippen LogP contribution in [0.25, 0.3) is 0 Å². The lowest BCUT2D eigenvalue weighted by Crippen LogP contribution is -2.42. The van der Waals surface area contributed by atoms with E-state index in [2.05, 4.69) is 4.98 Å². The molecule has 0 saturated carbocycles. The van der Waals surface area contributed by atoms with Crippen LogP contribution in [0.1, 0.15) is 23.8 Å². The van der Waals surface area contributed by atoms with Gasteiger partial charge in [0, 0.05) is 13.0 Å². The van der Waals surface area contributed by atoms with E-state index in [1.54, 1.807) is 23.1 Å². The first-order valence-corrected chi connectivity index (χ1v) is 7.98. The molecule has 2 aromatic rings. The standard InChI is InChI=1S/C18H20FN3O2/c19-14-7-4-13(5-8-14)6-9-18(23)22-10-11-24-16(12-22)15-2-1-3-17(20)21-15/h1-5,7-8,16H,6,9-12H2,(H2,20,21)/t16-/m0/s1. The summed E-state index contributed by atoms with van der Waals surface area (Å²) in [4.78, 5) is 18.5. The number of amides is 1. The quantitative estimate of drug-likeness (QED) is 0.935. The van der Waals surface area contributed by atoms with E-state index >= 15 is 0 Å². The van der Waals surface area contributed by atoms with Crippen molar-refractivity contribution in [2.24, 2.45) is 0 Å². The zero-order valence-electron chi connectivity index (χ0n) is 13.3. The number of halogens is 1. The second kappa shape index (κ2) is 7.40. The number of aromatic nitrogens is 1. The van der Waals surface area contributed by atoms with Crippen molar-refractivity contribution in [1.82, 2.24) is 9.88 Å². The molecule has 1 aliphatic rings. The number of benzene rings is 1. The summed E-state index contributed by atoms with van der Waals surface area (Å²) < 4.78 is 18.6. The fourth-order valence-electron chi connectivity index (χ4n) is 2.76. The lowest BCUT2D eigenvalue weighted by atomic mass is 10.1. The molecule has 3 rings (SSSR count). The fraction of sp³-hybridized carbons (Fsp3) is 0.333. The van der Waals surface area contributed by atoms with Gasteiger partial charge in [0.05, 0.1) is 18.8 Å². The van der Waals surface area contributed by atoms with Crippen LogP contribution < -0.4 is 5.73 Å². The summed E-state index contributed by atoms with van der Waals surface area (Å²) in [5.74, 6) is 0.239. The molecule has 1 aliphatic heterocycles. The van der Waals surface area contributed by atoms with Gasteiger partial charge in [-0.1, -0.05) is 18.2 Å². The Morgan fingerprint density at radius 1 is 1.29 bits per heavy atom. The van der Waals surface area contributed by atoms with E-state index < -0.39 is 0 Å². The smallest absolute Gasteiger partial charge is 0.223 e. The molecule has 0 radical (unpaired) electrons. The summed E-state index contributed by atoms with van der Waals surface area (Å²) in [6.45, 7) is 1.52. The molecule has 126 valence electrons. The number of carbonyl (C=O) groups is 1. The number of aryl methyl sites for hydroxylation is 1. The van der Waals surface area contributed by atoms with Gasteiger partial charge in [0.2, 0.25) is 5.91 Å². The van der Waals surface area contributed by atoms with Crippen LogP contribution in [0.3, 0.4) is 0 Å². The van der Waals surface area contributed by atoms with Crippen LogP contribution in [0.4, 0.5) is 10.2 Å². The summed E-state index contributed by atoms with van der Waals surface area (Å²) in [7, 11) is 0. The Morgan fingerprint density at radius 3 is 2.83 bits per heavy atom. The zero-order chi connectivity index (χ0) is 16.9. The third kappa shape index (κ3) is 4.08. The number of morpholine rings is 1. The van der Waals surface area contributed by atoms with E-state index in [1.165, 1.54) is 12.1 Å². The van der Waals surface area contributed by atoms with Gasteiger partial charge in [-0.05, 0) is 36.2 Å². The maximum atomic E-state index is 12.9. The molecule has 1 aromatic heterocycles. The Hall–Kier alpha value is -2.47. The Labute approximate surface area is 140 Å². The van der Waals surface area contributed by atoms with Crippen molar-refractivity contribution in [1.29, 1.82) is 0 Å². The van der Waals surface area contributed by atoms with Crippen LogP contribution >= 0.6 is 0 Å². The van der Waals surface area contributed by atoms with Crippen molar-refractivity contribution in [3.05, 3.63) is 59.5 Å². The molecule has 5 nitrogen and oxygen atoms in total. The summed E-state index contributed by atoms with van der Waals surface area (Å²) in [5, 5.41) is 0. The van der Waals surface area contributed by atoms with Crippen molar-refractivity contribution in [2.45, 2.75) is 18.9 Å². The Morgan fingerprint density at radius 2 is 2.08 bits per heavy atom. The van der Waals surface area contributed by atoms with Crippen molar-refractivity contribution >= 4 is 11.7 Å². The van der Waals surface area contributed by atoms with Crippen LogP contribution in [-0.2, 0) is 16.0 Å². The van der Waals surface area contributed by atoms with Gasteiger partial charge in [0.25, 0.3) is 0 Å². The second-order valence-corrected chi connectivity index (χ2v) is 5.81. The maximum Gasteiger partial charge on any atom is 0.223 e. The lowest BCUT2D eigenvalue weighted by molar-refractivity contribution is -0.139. The van der Waals surface area contributed by atoms with Crippen molar-refractivity contribution < 1.29 is 13.9 Å². The van der Waals surface area contributed by atoms with E-state index in [0.29, 0.717) is 38.4 Å². The summed E-state index contributed by atoms with van der Waals surface area (Å²) >= 11 is 0. The first-order chi connectivity index (χ1) is 11.6. The second-order valence-electron chi connectivity index (χ2n) is 5.81. The van der Waals surface area contributed by atoms with E-state index in [4.69, 9.17) is 10.5 Å². The maximum absolute atomic E-state index is 12.9. The minimum Gasteiger partial charge on any atom is -0.384 e. The van der Waals surface area contributed by atoms with Gasteiger partial charge >= 0.3 is 0 Å². The highest BCUT2D eigenvalue weighted by molar-refractivity contribution is 5.76. The number of ether oxygens (including phenoxy) is 1. The third-order valence-corrected chi connectivity index (χ3v) is 4.08. The molecule has 0 unspecified atom stereocenters. The molecule has 2 N–H and O–H groups in total. The van der Waals surface area contributed by atoms with Gasteiger partial charge in [-0.2, -0.15) is 0 Å². The number of nitrogens with zero attached hydrogens (tertiary/aromatic N) is 2. The van der Waals surface area contributed by atoms with Crippen molar-refractivity contribution in [3.8, 4) is 0 Å². The number of nitrogens with two attached hydrogens (primary N) is 1. The fourth-order valence-corrected chi connectivity index (χ4v) is 2.76. The molecule has 1 saturated heterocycles. The van der Waals surface area contributed by atoms with Crippen molar-refractivity contribution in [3.63, 3.8) is 0 Å². The van der Waals surface area contributed by atoms with Gasteiger partial charge in [-0.15, -0.1) is 0 Å². The molecule has 0 spiro atoms. The Balaban J connectivity index is 1.57. The van der Waals surface area contributed by atoms with Crippen LogP contribution in [0, 0.1) is 5.82 Å². The number of anilines is 1. The van der Waals surface area contributed by atoms with Gasteiger partial charge in [-0.3, -0.25) is 4.79 Å². The number of hydrogen-bond donors (Lipinski definition) is 1. The minimum atomic E-state index is -0.268. The van der Waals surface area contributed by atoms with Gasteiger partial charge in [-0.25, -0.2) is 9.37 Å². The first kappa shape index (κ1) is 16.4.